The molecule has 2 aromatic heterocycles. The first-order valence-corrected chi connectivity index (χ1v) is 32.7. The van der Waals surface area contributed by atoms with Crippen LogP contribution in [0.5, 0.6) is 23.0 Å². The van der Waals surface area contributed by atoms with Crippen molar-refractivity contribution < 1.29 is 44.7 Å². The molecule has 0 saturated carbocycles. The molecule has 0 fully saturated rings. The Hall–Kier alpha value is -7.90. The lowest BCUT2D eigenvalue weighted by atomic mass is 9.98. The van der Waals surface area contributed by atoms with Crippen molar-refractivity contribution in [2.24, 2.45) is 14.1 Å². The van der Waals surface area contributed by atoms with Crippen LogP contribution in [-0.4, -0.2) is 128 Å². The second kappa shape index (κ2) is 32.6. The highest BCUT2D eigenvalue weighted by Gasteiger charge is 2.30. The van der Waals surface area contributed by atoms with E-state index < -0.39 is 5.97 Å². The maximum atomic E-state index is 13.3. The second-order valence-corrected chi connectivity index (χ2v) is 25.2. The Morgan fingerprint density at radius 3 is 1.37 bits per heavy atom. The minimum Gasteiger partial charge on any atom is -0.508 e. The fourth-order valence-corrected chi connectivity index (χ4v) is 12.5. The molecule has 7 N–H and O–H groups in total. The van der Waals surface area contributed by atoms with Gasteiger partial charge in [-0.2, -0.15) is 0 Å². The Morgan fingerprint density at radius 2 is 0.946 bits per heavy atom. The van der Waals surface area contributed by atoms with Crippen LogP contribution in [0.15, 0.2) is 97.1 Å². The molecule has 2 aliphatic heterocycles. The Bertz CT molecular complexity index is 3910. The van der Waals surface area contributed by atoms with Crippen molar-refractivity contribution in [2.75, 3.05) is 65.2 Å². The zero-order chi connectivity index (χ0) is 65.8. The molecule has 8 aromatic rings. The third-order valence-corrected chi connectivity index (χ3v) is 17.3. The van der Waals surface area contributed by atoms with Gasteiger partial charge in [-0.1, -0.05) is 59.4 Å². The number of hydrogen-bond acceptors (Lipinski definition) is 13. The van der Waals surface area contributed by atoms with Crippen LogP contribution in [-0.2, 0) is 69.1 Å². The van der Waals surface area contributed by atoms with E-state index >= 15 is 0 Å². The number of phenols is 4. The molecular formula is C70H85Cl4N9O9. The number of aryl methyl sites for hydroxylation is 4. The number of anilines is 3. The lowest BCUT2D eigenvalue weighted by molar-refractivity contribution is -0.137. The van der Waals surface area contributed by atoms with E-state index in [0.29, 0.717) is 118 Å². The number of carboxylic acids is 1. The van der Waals surface area contributed by atoms with Crippen LogP contribution in [0.4, 0.5) is 17.1 Å². The highest BCUT2D eigenvalue weighted by atomic mass is 35.5. The van der Waals surface area contributed by atoms with Crippen molar-refractivity contribution in [3.8, 4) is 23.0 Å². The topological polar surface area (TPSA) is 244 Å². The smallest absolute Gasteiger partial charge is 0.303 e. The number of fused-ring (bicyclic) bond motifs is 4. The molecule has 492 valence electrons. The first-order valence-electron chi connectivity index (χ1n) is 30.6. The standard InChI is InChI=1S/C35H40Cl2N4O4.C18H20N2O3.C16H21Cl2N3O2.CH4/c1-22(2)28-18-29(33(44)19-32(28)43)35(45)41-20-24-8-7-23(15-25(24)21-41)16-27(42)5-4-6-34-38-30-17-26(9-10-31(30)39(34)3)40(13-11-36)14-12-37;1-10(2)14-6-15(17(22)7-16(14)21)18(23)20-8-11-3-4-13(19)5-12(11)9-20;1-20-14-6-5-12(21(9-7-17)10-8-18)11-13(14)19-15(20)3-2-4-16(22)23;/h7-10,15,17-19,22,43-44H,4-6,11-14,16,20-21H2,1-3H3;3-7,10,21-22H,8-9,19H2,1-2H3;5-6,11H,2-4,7-10H2,1H3,(H,22,23);1H4. The van der Waals surface area contributed by atoms with Crippen LogP contribution < -0.4 is 15.5 Å². The summed E-state index contributed by atoms with van der Waals surface area (Å²) in [6, 6.07) is 29.5. The molecular weight excluding hydrogens is 1250 g/mol. The van der Waals surface area contributed by atoms with Gasteiger partial charge in [-0.25, -0.2) is 9.97 Å². The number of phenolic OH excluding ortho intramolecular Hbond substituents is 4. The SMILES string of the molecule is C.CC(C)c1cc(C(=O)N2Cc3ccc(CC(=O)CCCc4nc5cc(N(CCCl)CCCl)ccc5n4C)cc3C2)c(O)cc1O.CC(C)c1cc(C(=O)N2Cc3ccc(N)cc3C2)c(O)cc1O.Cn1c(CCCC(=O)O)nc2cc(N(CCCl)CCCl)ccc21. The number of aromatic nitrogens is 4. The van der Waals surface area contributed by atoms with Gasteiger partial charge in [0.2, 0.25) is 0 Å². The van der Waals surface area contributed by atoms with Crippen LogP contribution in [0.3, 0.4) is 0 Å². The number of hydrogen-bond donors (Lipinski definition) is 6. The quantitative estimate of drug-likeness (QED) is 0.0244. The lowest BCUT2D eigenvalue weighted by Gasteiger charge is -2.22. The molecule has 2 aliphatic rings. The summed E-state index contributed by atoms with van der Waals surface area (Å²) < 4.78 is 4.11. The molecule has 92 heavy (non-hydrogen) atoms. The molecule has 22 heteroatoms. The number of aliphatic carboxylic acids is 1. The van der Waals surface area contributed by atoms with Crippen molar-refractivity contribution in [1.29, 1.82) is 0 Å². The number of alkyl halides is 4. The average molecular weight is 1340 g/mol. The van der Waals surface area contributed by atoms with Crippen LogP contribution in [0.2, 0.25) is 0 Å². The van der Waals surface area contributed by atoms with Gasteiger partial charge in [0.15, 0.2) is 0 Å². The van der Waals surface area contributed by atoms with Crippen molar-refractivity contribution in [3.63, 3.8) is 0 Å². The van der Waals surface area contributed by atoms with Gasteiger partial charge in [0.05, 0.1) is 33.2 Å². The molecule has 10 rings (SSSR count). The number of aromatic hydroxyl groups is 4. The van der Waals surface area contributed by atoms with Crippen LogP contribution >= 0.6 is 46.4 Å². The Morgan fingerprint density at radius 1 is 0.533 bits per heavy atom. The minimum absolute atomic E-state index is 0. The molecule has 2 amide bonds. The van der Waals surface area contributed by atoms with Crippen molar-refractivity contribution in [3.05, 3.63) is 159 Å². The number of nitrogens with two attached hydrogens (primary N) is 1. The molecule has 0 atom stereocenters. The van der Waals surface area contributed by atoms with E-state index in [-0.39, 0.29) is 77.4 Å². The highest BCUT2D eigenvalue weighted by Crippen LogP contribution is 2.37. The molecule has 0 spiro atoms. The molecule has 0 radical (unpaired) electrons. The van der Waals surface area contributed by atoms with Gasteiger partial charge < -0.3 is 60.0 Å². The van der Waals surface area contributed by atoms with E-state index in [4.69, 9.17) is 62.2 Å². The van der Waals surface area contributed by atoms with Crippen molar-refractivity contribution in [1.82, 2.24) is 28.9 Å². The summed E-state index contributed by atoms with van der Waals surface area (Å²) in [6.07, 6.45) is 3.59. The number of imidazole rings is 2. The summed E-state index contributed by atoms with van der Waals surface area (Å²) >= 11 is 23.7. The third kappa shape index (κ3) is 17.4. The van der Waals surface area contributed by atoms with Crippen LogP contribution in [0.1, 0.15) is 144 Å². The van der Waals surface area contributed by atoms with Gasteiger partial charge in [-0.05, 0) is 124 Å². The number of ketones is 1. The predicted octanol–water partition coefficient (Wildman–Crippen LogP) is 13.5. The van der Waals surface area contributed by atoms with Crippen LogP contribution in [0.25, 0.3) is 22.1 Å². The fraction of sp³-hybridized carbons (Fsp3) is 0.400. The van der Waals surface area contributed by atoms with Gasteiger partial charge in [0.25, 0.3) is 11.8 Å². The fourth-order valence-electron chi connectivity index (χ4n) is 11.7. The van der Waals surface area contributed by atoms with E-state index in [1.807, 2.05) is 101 Å². The largest absolute Gasteiger partial charge is 0.508 e. The molecule has 0 aliphatic carbocycles. The Kier molecular flexibility index (Phi) is 25.3. The monoisotopic (exact) mass is 1340 g/mol. The number of carbonyl (C=O) groups is 4. The Labute approximate surface area is 558 Å². The molecule has 6 aromatic carbocycles. The summed E-state index contributed by atoms with van der Waals surface area (Å²) in [4.78, 5) is 66.8. The zero-order valence-corrected chi connectivity index (χ0v) is 55.4. The number of carbonyl (C=O) groups excluding carboxylic acids is 3. The molecule has 4 heterocycles. The number of rotatable bonds is 24. The number of benzene rings is 6. The lowest BCUT2D eigenvalue weighted by Crippen LogP contribution is -2.27. The maximum absolute atomic E-state index is 13.3. The normalized spacial score (nSPS) is 12.3. The summed E-state index contributed by atoms with van der Waals surface area (Å²) in [5.41, 5.74) is 19.2. The van der Waals surface area contributed by atoms with E-state index in [1.165, 1.54) is 12.1 Å². The highest BCUT2D eigenvalue weighted by molar-refractivity contribution is 6.19. The number of halogens is 4. The number of nitrogen functional groups attached to an aromatic ring is 1. The van der Waals surface area contributed by atoms with Gasteiger partial charge in [0, 0.05) is 151 Å². The molecule has 18 nitrogen and oxygen atoms in total. The first-order chi connectivity index (χ1) is 43.5. The van der Waals surface area contributed by atoms with Crippen molar-refractivity contribution >= 4 is 109 Å². The number of nitrogens with zero attached hydrogens (tertiary/aromatic N) is 8. The van der Waals surface area contributed by atoms with Crippen molar-refractivity contribution in [2.45, 2.75) is 118 Å². The predicted molar refractivity (Wildman–Crippen MR) is 370 cm³/mol. The summed E-state index contributed by atoms with van der Waals surface area (Å²) in [6.45, 7) is 12.4. The molecule has 0 bridgehead atoms. The van der Waals surface area contributed by atoms with Gasteiger partial charge in [-0.3, -0.25) is 19.2 Å². The first kappa shape index (κ1) is 71.5. The van der Waals surface area contributed by atoms with Gasteiger partial charge in [0.1, 0.15) is 40.4 Å². The van der Waals surface area contributed by atoms with E-state index in [9.17, 15) is 39.6 Å². The maximum Gasteiger partial charge on any atom is 0.303 e. The van der Waals surface area contributed by atoms with Crippen LogP contribution in [0, 0.1) is 0 Å². The average Bonchev–Trinajstić information content (AvgIpc) is 1.61. The van der Waals surface area contributed by atoms with Gasteiger partial charge >= 0.3 is 5.97 Å². The summed E-state index contributed by atoms with van der Waals surface area (Å²) in [7, 11) is 3.96. The second-order valence-electron chi connectivity index (χ2n) is 23.7. The number of Topliss-reactive ketones (excluding diaryl/α,β-unsaturated/α-hetero) is 1. The number of carboxylic acid groups (broad SMARTS) is 1. The van der Waals surface area contributed by atoms with E-state index in [2.05, 4.69) is 37.5 Å². The molecule has 0 unspecified atom stereocenters. The Balaban J connectivity index is 0.000000215. The third-order valence-electron chi connectivity index (χ3n) is 16.6. The summed E-state index contributed by atoms with van der Waals surface area (Å²) in [5.74, 6) is 2.42. The van der Waals surface area contributed by atoms with E-state index in [0.717, 1.165) is 86.0 Å². The minimum atomic E-state index is -0.774. The number of amides is 2. The zero-order valence-electron chi connectivity index (χ0n) is 52.4. The summed E-state index contributed by atoms with van der Waals surface area (Å²) in [5, 5.41) is 49.3. The van der Waals surface area contributed by atoms with E-state index in [1.54, 1.807) is 21.9 Å². The molecule has 0 saturated heterocycles. The van der Waals surface area contributed by atoms with Gasteiger partial charge in [-0.15, -0.1) is 46.4 Å².